The fourth-order valence-corrected chi connectivity index (χ4v) is 2.10. The SMILES string of the molecule is CCCN(C(=O)c1c(F)ccc([N+](=O)[O-])c1F)C1CC1. The van der Waals surface area contributed by atoms with Crippen molar-refractivity contribution in [2.75, 3.05) is 6.54 Å². The molecule has 0 saturated heterocycles. The molecule has 1 saturated carbocycles. The Hall–Kier alpha value is -2.05. The zero-order valence-corrected chi connectivity index (χ0v) is 10.9. The van der Waals surface area contributed by atoms with Crippen LogP contribution in [0.4, 0.5) is 14.5 Å². The van der Waals surface area contributed by atoms with Gasteiger partial charge in [-0.15, -0.1) is 0 Å². The molecule has 0 heterocycles. The van der Waals surface area contributed by atoms with Crippen LogP contribution in [-0.2, 0) is 0 Å². The highest BCUT2D eigenvalue weighted by atomic mass is 19.1. The van der Waals surface area contributed by atoms with Crippen molar-refractivity contribution in [3.63, 3.8) is 0 Å². The Balaban J connectivity index is 2.42. The minimum atomic E-state index is -1.40. The third kappa shape index (κ3) is 2.61. The molecule has 0 atom stereocenters. The number of nitro groups is 1. The summed E-state index contributed by atoms with van der Waals surface area (Å²) in [6.45, 7) is 2.23. The second kappa shape index (κ2) is 5.52. The molecule has 0 bridgehead atoms. The van der Waals surface area contributed by atoms with Gasteiger partial charge in [0, 0.05) is 18.7 Å². The topological polar surface area (TPSA) is 63.5 Å². The maximum Gasteiger partial charge on any atom is 0.305 e. The van der Waals surface area contributed by atoms with Crippen LogP contribution in [0, 0.1) is 21.7 Å². The molecule has 0 radical (unpaired) electrons. The molecular formula is C13H14F2N2O3. The summed E-state index contributed by atoms with van der Waals surface area (Å²) >= 11 is 0. The van der Waals surface area contributed by atoms with Crippen LogP contribution in [0.15, 0.2) is 12.1 Å². The van der Waals surface area contributed by atoms with Crippen molar-refractivity contribution < 1.29 is 18.5 Å². The van der Waals surface area contributed by atoms with E-state index in [1.807, 2.05) is 6.92 Å². The lowest BCUT2D eigenvalue weighted by Crippen LogP contribution is -2.35. The number of nitrogens with zero attached hydrogens (tertiary/aromatic N) is 2. The van der Waals surface area contributed by atoms with Gasteiger partial charge in [0.05, 0.1) is 4.92 Å². The van der Waals surface area contributed by atoms with E-state index in [9.17, 15) is 23.7 Å². The summed E-state index contributed by atoms with van der Waals surface area (Å²) in [6.07, 6.45) is 2.24. The Morgan fingerprint density at radius 1 is 1.45 bits per heavy atom. The standard InChI is InChI=1S/C13H14F2N2O3/c1-2-7-16(8-3-4-8)13(18)11-9(14)5-6-10(12(11)15)17(19)20/h5-6,8H,2-4,7H2,1H3. The van der Waals surface area contributed by atoms with Crippen LogP contribution < -0.4 is 0 Å². The van der Waals surface area contributed by atoms with Crippen molar-refractivity contribution in [3.05, 3.63) is 39.4 Å². The smallest absolute Gasteiger partial charge is 0.305 e. The van der Waals surface area contributed by atoms with Crippen LogP contribution in [0.25, 0.3) is 0 Å². The van der Waals surface area contributed by atoms with Gasteiger partial charge in [-0.05, 0) is 25.3 Å². The Morgan fingerprint density at radius 2 is 2.10 bits per heavy atom. The highest BCUT2D eigenvalue weighted by Crippen LogP contribution is 2.31. The van der Waals surface area contributed by atoms with E-state index in [1.165, 1.54) is 4.90 Å². The summed E-state index contributed by atoms with van der Waals surface area (Å²) < 4.78 is 27.7. The summed E-state index contributed by atoms with van der Waals surface area (Å²) in [5.74, 6) is -3.28. The minimum Gasteiger partial charge on any atom is -0.335 e. The molecule has 0 unspecified atom stereocenters. The van der Waals surface area contributed by atoms with Crippen molar-refractivity contribution >= 4 is 11.6 Å². The average molecular weight is 284 g/mol. The number of amides is 1. The molecule has 0 spiro atoms. The van der Waals surface area contributed by atoms with Crippen molar-refractivity contribution in [2.45, 2.75) is 32.2 Å². The Morgan fingerprint density at radius 3 is 2.60 bits per heavy atom. The number of rotatable bonds is 5. The number of hydrogen-bond donors (Lipinski definition) is 0. The van der Waals surface area contributed by atoms with Crippen molar-refractivity contribution in [3.8, 4) is 0 Å². The molecule has 1 aliphatic rings. The van der Waals surface area contributed by atoms with E-state index >= 15 is 0 Å². The third-order valence-electron chi connectivity index (χ3n) is 3.19. The van der Waals surface area contributed by atoms with Gasteiger partial charge in [0.25, 0.3) is 5.91 Å². The number of hydrogen-bond acceptors (Lipinski definition) is 3. The second-order valence-corrected chi connectivity index (χ2v) is 4.74. The van der Waals surface area contributed by atoms with E-state index in [-0.39, 0.29) is 6.04 Å². The fourth-order valence-electron chi connectivity index (χ4n) is 2.10. The van der Waals surface area contributed by atoms with Gasteiger partial charge in [-0.25, -0.2) is 4.39 Å². The van der Waals surface area contributed by atoms with Gasteiger partial charge in [0.15, 0.2) is 0 Å². The largest absolute Gasteiger partial charge is 0.335 e. The lowest BCUT2D eigenvalue weighted by molar-refractivity contribution is -0.387. The molecule has 1 aromatic rings. The predicted molar refractivity (Wildman–Crippen MR) is 67.4 cm³/mol. The lowest BCUT2D eigenvalue weighted by Gasteiger charge is -2.22. The van der Waals surface area contributed by atoms with Gasteiger partial charge in [-0.2, -0.15) is 4.39 Å². The van der Waals surface area contributed by atoms with E-state index in [0.717, 1.165) is 25.0 Å². The predicted octanol–water partition coefficient (Wildman–Crippen LogP) is 2.89. The maximum absolute atomic E-state index is 14.0. The van der Waals surface area contributed by atoms with Crippen LogP contribution >= 0.6 is 0 Å². The van der Waals surface area contributed by atoms with Crippen LogP contribution in [0.2, 0.25) is 0 Å². The molecule has 5 nitrogen and oxygen atoms in total. The number of carbonyl (C=O) groups is 1. The van der Waals surface area contributed by atoms with Crippen LogP contribution in [0.1, 0.15) is 36.5 Å². The van der Waals surface area contributed by atoms with Gasteiger partial charge >= 0.3 is 5.69 Å². The van der Waals surface area contributed by atoms with E-state index in [1.54, 1.807) is 0 Å². The summed E-state index contributed by atoms with van der Waals surface area (Å²) in [5.41, 5.74) is -1.72. The normalized spacial score (nSPS) is 14.2. The zero-order valence-electron chi connectivity index (χ0n) is 10.9. The lowest BCUT2D eigenvalue weighted by atomic mass is 10.1. The first-order valence-electron chi connectivity index (χ1n) is 6.40. The molecule has 1 amide bonds. The third-order valence-corrected chi connectivity index (χ3v) is 3.19. The molecule has 2 rings (SSSR count). The molecule has 1 aromatic carbocycles. The molecular weight excluding hydrogens is 270 g/mol. The summed E-state index contributed by atoms with van der Waals surface area (Å²) in [5, 5.41) is 10.7. The van der Waals surface area contributed by atoms with Crippen LogP contribution in [0.3, 0.4) is 0 Å². The summed E-state index contributed by atoms with van der Waals surface area (Å²) in [4.78, 5) is 23.4. The number of nitro benzene ring substituents is 1. The first kappa shape index (κ1) is 14.4. The van der Waals surface area contributed by atoms with E-state index < -0.39 is 33.7 Å². The number of halogens is 2. The molecule has 20 heavy (non-hydrogen) atoms. The number of benzene rings is 1. The van der Waals surface area contributed by atoms with Crippen molar-refractivity contribution in [1.29, 1.82) is 0 Å². The van der Waals surface area contributed by atoms with E-state index in [0.29, 0.717) is 13.0 Å². The van der Waals surface area contributed by atoms with Crippen LogP contribution in [0.5, 0.6) is 0 Å². The quantitative estimate of drug-likeness (QED) is 0.617. The molecule has 7 heteroatoms. The van der Waals surface area contributed by atoms with Crippen LogP contribution in [-0.4, -0.2) is 28.3 Å². The average Bonchev–Trinajstić information content (AvgIpc) is 3.19. The molecule has 1 fully saturated rings. The van der Waals surface area contributed by atoms with Gasteiger partial charge in [-0.3, -0.25) is 14.9 Å². The van der Waals surface area contributed by atoms with Crippen molar-refractivity contribution in [1.82, 2.24) is 4.90 Å². The maximum atomic E-state index is 14.0. The molecule has 1 aliphatic carbocycles. The van der Waals surface area contributed by atoms with E-state index in [4.69, 9.17) is 0 Å². The van der Waals surface area contributed by atoms with Gasteiger partial charge in [-0.1, -0.05) is 6.92 Å². The molecule has 108 valence electrons. The molecule has 0 aliphatic heterocycles. The Labute approximate surface area is 114 Å². The summed E-state index contributed by atoms with van der Waals surface area (Å²) in [7, 11) is 0. The zero-order chi connectivity index (χ0) is 14.9. The van der Waals surface area contributed by atoms with Gasteiger partial charge in [0.1, 0.15) is 11.4 Å². The Bertz CT molecular complexity index is 559. The highest BCUT2D eigenvalue weighted by molar-refractivity contribution is 5.96. The first-order valence-corrected chi connectivity index (χ1v) is 6.40. The number of carbonyl (C=O) groups excluding carboxylic acids is 1. The Kier molecular flexibility index (Phi) is 3.96. The van der Waals surface area contributed by atoms with E-state index in [2.05, 4.69) is 0 Å². The van der Waals surface area contributed by atoms with Gasteiger partial charge in [0.2, 0.25) is 5.82 Å². The molecule has 0 N–H and O–H groups in total. The first-order chi connectivity index (χ1) is 9.47. The summed E-state index contributed by atoms with van der Waals surface area (Å²) in [6, 6.07) is 1.47. The monoisotopic (exact) mass is 284 g/mol. The fraction of sp³-hybridized carbons (Fsp3) is 0.462. The highest BCUT2D eigenvalue weighted by Gasteiger charge is 2.36. The van der Waals surface area contributed by atoms with Crippen molar-refractivity contribution in [2.24, 2.45) is 0 Å². The minimum absolute atomic E-state index is 0.0134. The second-order valence-electron chi connectivity index (χ2n) is 4.74. The van der Waals surface area contributed by atoms with Gasteiger partial charge < -0.3 is 4.90 Å². The molecule has 0 aromatic heterocycles.